The van der Waals surface area contributed by atoms with Gasteiger partial charge in [0, 0.05) is 6.61 Å². The number of hydrogen-bond donors (Lipinski definition) is 2. The minimum atomic E-state index is 0.359. The Balaban J connectivity index is 2.84. The second kappa shape index (κ2) is 9.96. The van der Waals surface area contributed by atoms with Crippen LogP contribution in [0.4, 0.5) is 0 Å². The van der Waals surface area contributed by atoms with Gasteiger partial charge in [0.1, 0.15) is 0 Å². The Bertz CT molecular complexity index is 96.9. The molecule has 0 aromatic heterocycles. The van der Waals surface area contributed by atoms with Crippen molar-refractivity contribution in [3.8, 4) is 0 Å². The largest absolute Gasteiger partial charge is 0.379 e. The molecule has 0 aromatic carbocycles. The van der Waals surface area contributed by atoms with E-state index in [-0.39, 0.29) is 0 Å². The highest BCUT2D eigenvalue weighted by Gasteiger charge is 1.92. The third-order valence-electron chi connectivity index (χ3n) is 1.76. The first-order chi connectivity index (χ1) is 6.27. The average Bonchev–Trinajstić information content (AvgIpc) is 2.09. The molecule has 13 heavy (non-hydrogen) atoms. The monoisotopic (exact) mass is 188 g/mol. The standard InChI is InChI=1S/C10H24N2O/c1-10(2)13-9-5-8-12-7-4-3-6-11/h10,12H,3-9,11H2,1-2H3. The Morgan fingerprint density at radius 3 is 2.46 bits per heavy atom. The van der Waals surface area contributed by atoms with Crippen molar-refractivity contribution < 1.29 is 4.74 Å². The number of rotatable bonds is 9. The van der Waals surface area contributed by atoms with Crippen molar-refractivity contribution in [1.82, 2.24) is 5.32 Å². The van der Waals surface area contributed by atoms with Gasteiger partial charge < -0.3 is 15.8 Å². The fourth-order valence-electron chi connectivity index (χ4n) is 1.04. The van der Waals surface area contributed by atoms with E-state index in [0.29, 0.717) is 6.10 Å². The van der Waals surface area contributed by atoms with Gasteiger partial charge in [0.15, 0.2) is 0 Å². The van der Waals surface area contributed by atoms with Crippen LogP contribution in [0.5, 0.6) is 0 Å². The maximum Gasteiger partial charge on any atom is 0.0518 e. The molecule has 3 N–H and O–H groups in total. The maximum atomic E-state index is 5.41. The quantitative estimate of drug-likeness (QED) is 0.533. The molecular formula is C10H24N2O. The third-order valence-corrected chi connectivity index (χ3v) is 1.76. The van der Waals surface area contributed by atoms with Gasteiger partial charge in [-0.15, -0.1) is 0 Å². The smallest absolute Gasteiger partial charge is 0.0518 e. The van der Waals surface area contributed by atoms with E-state index in [2.05, 4.69) is 19.2 Å². The van der Waals surface area contributed by atoms with Gasteiger partial charge in [-0.05, 0) is 52.7 Å². The topological polar surface area (TPSA) is 47.3 Å². The number of hydrogen-bond acceptors (Lipinski definition) is 3. The zero-order valence-electron chi connectivity index (χ0n) is 9.01. The second-order valence-corrected chi connectivity index (χ2v) is 3.52. The lowest BCUT2D eigenvalue weighted by Crippen LogP contribution is -2.19. The number of nitrogens with two attached hydrogens (primary N) is 1. The Kier molecular flexibility index (Phi) is 9.87. The van der Waals surface area contributed by atoms with Gasteiger partial charge in [0.25, 0.3) is 0 Å². The van der Waals surface area contributed by atoms with Crippen molar-refractivity contribution in [3.05, 3.63) is 0 Å². The van der Waals surface area contributed by atoms with Crippen LogP contribution in [0.3, 0.4) is 0 Å². The summed E-state index contributed by atoms with van der Waals surface area (Å²) >= 11 is 0. The average molecular weight is 188 g/mol. The van der Waals surface area contributed by atoms with E-state index in [1.54, 1.807) is 0 Å². The van der Waals surface area contributed by atoms with Crippen molar-refractivity contribution >= 4 is 0 Å². The molecule has 0 saturated carbocycles. The van der Waals surface area contributed by atoms with E-state index >= 15 is 0 Å². The van der Waals surface area contributed by atoms with Crippen LogP contribution in [0.2, 0.25) is 0 Å². The number of nitrogens with one attached hydrogen (secondary N) is 1. The predicted octanol–water partition coefficient (Wildman–Crippen LogP) is 1.13. The fraction of sp³-hybridized carbons (Fsp3) is 1.00. The molecule has 0 fully saturated rings. The van der Waals surface area contributed by atoms with Gasteiger partial charge in [-0.3, -0.25) is 0 Å². The second-order valence-electron chi connectivity index (χ2n) is 3.52. The molecule has 0 aliphatic carbocycles. The molecule has 0 radical (unpaired) electrons. The Morgan fingerprint density at radius 2 is 1.85 bits per heavy atom. The van der Waals surface area contributed by atoms with E-state index in [4.69, 9.17) is 10.5 Å². The van der Waals surface area contributed by atoms with Gasteiger partial charge in [0.05, 0.1) is 6.10 Å². The van der Waals surface area contributed by atoms with Crippen molar-refractivity contribution in [2.45, 2.75) is 39.2 Å². The van der Waals surface area contributed by atoms with E-state index in [0.717, 1.165) is 39.1 Å². The molecule has 0 bridgehead atoms. The lowest BCUT2D eigenvalue weighted by atomic mass is 10.3. The van der Waals surface area contributed by atoms with Gasteiger partial charge in [-0.2, -0.15) is 0 Å². The molecule has 3 nitrogen and oxygen atoms in total. The molecule has 0 rings (SSSR count). The van der Waals surface area contributed by atoms with E-state index in [9.17, 15) is 0 Å². The molecule has 0 atom stereocenters. The summed E-state index contributed by atoms with van der Waals surface area (Å²) in [5.41, 5.74) is 5.38. The molecule has 0 amide bonds. The Hall–Kier alpha value is -0.120. The molecule has 0 aromatic rings. The predicted molar refractivity (Wildman–Crippen MR) is 56.9 cm³/mol. The minimum Gasteiger partial charge on any atom is -0.379 e. The number of ether oxygens (including phenoxy) is 1. The highest BCUT2D eigenvalue weighted by molar-refractivity contribution is 4.49. The van der Waals surface area contributed by atoms with Crippen LogP contribution in [0.1, 0.15) is 33.1 Å². The first-order valence-corrected chi connectivity index (χ1v) is 5.29. The van der Waals surface area contributed by atoms with Gasteiger partial charge >= 0.3 is 0 Å². The zero-order chi connectivity index (χ0) is 9.94. The SMILES string of the molecule is CC(C)OCCCNCCCCN. The molecule has 3 heteroatoms. The van der Waals surface area contributed by atoms with Gasteiger partial charge in [-0.1, -0.05) is 0 Å². The summed E-state index contributed by atoms with van der Waals surface area (Å²) in [5, 5.41) is 3.36. The normalized spacial score (nSPS) is 11.1. The molecular weight excluding hydrogens is 164 g/mol. The van der Waals surface area contributed by atoms with Crippen LogP contribution >= 0.6 is 0 Å². The lowest BCUT2D eigenvalue weighted by molar-refractivity contribution is 0.0771. The van der Waals surface area contributed by atoms with Crippen LogP contribution in [0.25, 0.3) is 0 Å². The summed E-state index contributed by atoms with van der Waals surface area (Å²) in [7, 11) is 0. The molecule has 0 spiro atoms. The van der Waals surface area contributed by atoms with Crippen LogP contribution in [-0.4, -0.2) is 32.3 Å². The lowest BCUT2D eigenvalue weighted by Gasteiger charge is -2.07. The Morgan fingerprint density at radius 1 is 1.15 bits per heavy atom. The van der Waals surface area contributed by atoms with Crippen LogP contribution in [0.15, 0.2) is 0 Å². The van der Waals surface area contributed by atoms with Crippen molar-refractivity contribution in [2.75, 3.05) is 26.2 Å². The van der Waals surface area contributed by atoms with Crippen molar-refractivity contribution in [2.24, 2.45) is 5.73 Å². The van der Waals surface area contributed by atoms with E-state index < -0.39 is 0 Å². The van der Waals surface area contributed by atoms with Crippen LogP contribution in [0, 0.1) is 0 Å². The van der Waals surface area contributed by atoms with Crippen LogP contribution in [-0.2, 0) is 4.74 Å². The highest BCUT2D eigenvalue weighted by Crippen LogP contribution is 1.89. The molecule has 0 unspecified atom stereocenters. The minimum absolute atomic E-state index is 0.359. The summed E-state index contributed by atoms with van der Waals surface area (Å²) in [6.07, 6.45) is 3.76. The Labute approximate surface area is 82.0 Å². The summed E-state index contributed by atoms with van der Waals surface area (Å²) < 4.78 is 5.41. The molecule has 0 saturated heterocycles. The molecule has 0 aliphatic heterocycles. The fourth-order valence-corrected chi connectivity index (χ4v) is 1.04. The van der Waals surface area contributed by atoms with Gasteiger partial charge in [0.2, 0.25) is 0 Å². The summed E-state index contributed by atoms with van der Waals surface area (Å²) in [4.78, 5) is 0. The summed E-state index contributed by atoms with van der Waals surface area (Å²) in [6, 6.07) is 0. The molecule has 0 aliphatic rings. The van der Waals surface area contributed by atoms with Crippen molar-refractivity contribution in [1.29, 1.82) is 0 Å². The maximum absolute atomic E-state index is 5.41. The summed E-state index contributed by atoms with van der Waals surface area (Å²) in [6.45, 7) is 7.93. The van der Waals surface area contributed by atoms with E-state index in [1.807, 2.05) is 0 Å². The van der Waals surface area contributed by atoms with Crippen LogP contribution < -0.4 is 11.1 Å². The van der Waals surface area contributed by atoms with E-state index in [1.165, 1.54) is 6.42 Å². The van der Waals surface area contributed by atoms with Gasteiger partial charge in [-0.25, -0.2) is 0 Å². The van der Waals surface area contributed by atoms with Crippen molar-refractivity contribution in [3.63, 3.8) is 0 Å². The molecule has 0 heterocycles. The summed E-state index contributed by atoms with van der Waals surface area (Å²) in [5.74, 6) is 0. The zero-order valence-corrected chi connectivity index (χ0v) is 9.01. The third kappa shape index (κ3) is 11.9. The molecule has 80 valence electrons. The first-order valence-electron chi connectivity index (χ1n) is 5.29. The number of unbranched alkanes of at least 4 members (excludes halogenated alkanes) is 1. The first kappa shape index (κ1) is 12.9. The highest BCUT2D eigenvalue weighted by atomic mass is 16.5.